The Balaban J connectivity index is 2.33. The van der Waals surface area contributed by atoms with Crippen molar-refractivity contribution >= 4 is 33.3 Å². The smallest absolute Gasteiger partial charge is 0.336 e. The van der Waals surface area contributed by atoms with E-state index in [0.29, 0.717) is 10.0 Å². The van der Waals surface area contributed by atoms with Gasteiger partial charge in [0.25, 0.3) is 0 Å². The SMILES string of the molecule is CN(c1ccc(C#N)cc1)c1ccc(C(=O)O)c(Br)c1. The van der Waals surface area contributed by atoms with Crippen molar-refractivity contribution in [3.8, 4) is 6.07 Å². The highest BCUT2D eigenvalue weighted by Crippen LogP contribution is 2.28. The van der Waals surface area contributed by atoms with Crippen LogP contribution in [0.15, 0.2) is 46.9 Å². The largest absolute Gasteiger partial charge is 0.478 e. The Kier molecular flexibility index (Phi) is 4.06. The number of aromatic carboxylic acids is 1. The minimum atomic E-state index is -0.968. The summed E-state index contributed by atoms with van der Waals surface area (Å²) < 4.78 is 0.531. The van der Waals surface area contributed by atoms with Crippen molar-refractivity contribution in [3.05, 3.63) is 58.1 Å². The van der Waals surface area contributed by atoms with Gasteiger partial charge >= 0.3 is 5.97 Å². The summed E-state index contributed by atoms with van der Waals surface area (Å²) in [5.41, 5.74) is 2.59. The number of carbonyl (C=O) groups is 1. The van der Waals surface area contributed by atoms with Crippen molar-refractivity contribution in [1.82, 2.24) is 0 Å². The van der Waals surface area contributed by atoms with Gasteiger partial charge < -0.3 is 10.0 Å². The lowest BCUT2D eigenvalue weighted by atomic mass is 10.1. The molecule has 0 aromatic heterocycles. The summed E-state index contributed by atoms with van der Waals surface area (Å²) in [7, 11) is 1.88. The molecule has 2 aromatic carbocycles. The third kappa shape index (κ3) is 2.81. The number of halogens is 1. The van der Waals surface area contributed by atoms with E-state index in [4.69, 9.17) is 10.4 Å². The number of rotatable bonds is 3. The Morgan fingerprint density at radius 1 is 1.20 bits per heavy atom. The number of nitrogens with zero attached hydrogens (tertiary/aromatic N) is 2. The maximum absolute atomic E-state index is 11.0. The molecule has 2 rings (SSSR count). The number of carboxylic acid groups (broad SMARTS) is 1. The number of anilines is 2. The zero-order valence-corrected chi connectivity index (χ0v) is 12.3. The molecule has 20 heavy (non-hydrogen) atoms. The molecular formula is C15H11BrN2O2. The fourth-order valence-corrected chi connectivity index (χ4v) is 2.33. The molecular weight excluding hydrogens is 320 g/mol. The highest BCUT2D eigenvalue weighted by atomic mass is 79.9. The summed E-state index contributed by atoms with van der Waals surface area (Å²) in [5, 5.41) is 17.8. The van der Waals surface area contributed by atoms with Crippen LogP contribution in [-0.4, -0.2) is 18.1 Å². The van der Waals surface area contributed by atoms with Gasteiger partial charge in [0, 0.05) is 22.9 Å². The lowest BCUT2D eigenvalue weighted by Gasteiger charge is -2.20. The van der Waals surface area contributed by atoms with Crippen molar-refractivity contribution in [2.45, 2.75) is 0 Å². The molecule has 5 heteroatoms. The van der Waals surface area contributed by atoms with Crippen LogP contribution in [0.3, 0.4) is 0 Å². The van der Waals surface area contributed by atoms with E-state index in [1.54, 1.807) is 30.3 Å². The third-order valence-electron chi connectivity index (χ3n) is 2.95. The zero-order valence-electron chi connectivity index (χ0n) is 10.7. The Labute approximate surface area is 125 Å². The summed E-state index contributed by atoms with van der Waals surface area (Å²) in [5.74, 6) is -0.968. The minimum absolute atomic E-state index is 0.224. The number of nitriles is 1. The van der Waals surface area contributed by atoms with Crippen LogP contribution in [0.1, 0.15) is 15.9 Å². The first-order valence-electron chi connectivity index (χ1n) is 5.79. The predicted octanol–water partition coefficient (Wildman–Crippen LogP) is 3.79. The average molecular weight is 331 g/mol. The van der Waals surface area contributed by atoms with Gasteiger partial charge in [0.05, 0.1) is 17.2 Å². The number of benzene rings is 2. The van der Waals surface area contributed by atoms with Crippen LogP contribution < -0.4 is 4.90 Å². The van der Waals surface area contributed by atoms with Crippen molar-refractivity contribution in [2.75, 3.05) is 11.9 Å². The van der Waals surface area contributed by atoms with Gasteiger partial charge in [0.15, 0.2) is 0 Å². The second-order valence-electron chi connectivity index (χ2n) is 4.19. The van der Waals surface area contributed by atoms with Gasteiger partial charge in [-0.3, -0.25) is 0 Å². The van der Waals surface area contributed by atoms with Crippen LogP contribution >= 0.6 is 15.9 Å². The average Bonchev–Trinajstić information content (AvgIpc) is 2.46. The van der Waals surface area contributed by atoms with E-state index in [2.05, 4.69) is 22.0 Å². The fraction of sp³-hybridized carbons (Fsp3) is 0.0667. The monoisotopic (exact) mass is 330 g/mol. The molecule has 2 aromatic rings. The molecule has 100 valence electrons. The lowest BCUT2D eigenvalue weighted by Crippen LogP contribution is -2.10. The van der Waals surface area contributed by atoms with Gasteiger partial charge in [-0.05, 0) is 58.4 Å². The van der Waals surface area contributed by atoms with Crippen LogP contribution in [0.5, 0.6) is 0 Å². The number of hydrogen-bond acceptors (Lipinski definition) is 3. The number of carboxylic acids is 1. The Morgan fingerprint density at radius 2 is 1.80 bits per heavy atom. The molecule has 0 saturated heterocycles. The molecule has 4 nitrogen and oxygen atoms in total. The quantitative estimate of drug-likeness (QED) is 0.929. The van der Waals surface area contributed by atoms with E-state index in [-0.39, 0.29) is 5.56 Å². The first kappa shape index (κ1) is 14.1. The van der Waals surface area contributed by atoms with Crippen LogP contribution in [-0.2, 0) is 0 Å². The maximum Gasteiger partial charge on any atom is 0.336 e. The summed E-state index contributed by atoms with van der Waals surface area (Å²) in [6.45, 7) is 0. The van der Waals surface area contributed by atoms with E-state index >= 15 is 0 Å². The molecule has 1 N–H and O–H groups in total. The van der Waals surface area contributed by atoms with E-state index in [1.807, 2.05) is 24.1 Å². The second kappa shape index (κ2) is 5.76. The van der Waals surface area contributed by atoms with E-state index in [9.17, 15) is 4.79 Å². The molecule has 0 amide bonds. The first-order valence-corrected chi connectivity index (χ1v) is 6.59. The fourth-order valence-electron chi connectivity index (χ4n) is 1.79. The van der Waals surface area contributed by atoms with Gasteiger partial charge in [-0.1, -0.05) is 0 Å². The molecule has 0 bridgehead atoms. The van der Waals surface area contributed by atoms with Gasteiger partial charge in [-0.15, -0.1) is 0 Å². The molecule has 0 spiro atoms. The molecule has 0 radical (unpaired) electrons. The second-order valence-corrected chi connectivity index (χ2v) is 5.04. The Hall–Kier alpha value is -2.32. The molecule has 0 unspecified atom stereocenters. The number of hydrogen-bond donors (Lipinski definition) is 1. The molecule has 0 heterocycles. The van der Waals surface area contributed by atoms with Gasteiger partial charge in [-0.25, -0.2) is 4.79 Å². The van der Waals surface area contributed by atoms with Crippen molar-refractivity contribution in [1.29, 1.82) is 5.26 Å². The van der Waals surface area contributed by atoms with Crippen molar-refractivity contribution in [3.63, 3.8) is 0 Å². The van der Waals surface area contributed by atoms with Crippen molar-refractivity contribution in [2.24, 2.45) is 0 Å². The van der Waals surface area contributed by atoms with Gasteiger partial charge in [-0.2, -0.15) is 5.26 Å². The predicted molar refractivity (Wildman–Crippen MR) is 80.3 cm³/mol. The van der Waals surface area contributed by atoms with Crippen LogP contribution in [0, 0.1) is 11.3 Å². The van der Waals surface area contributed by atoms with Crippen molar-refractivity contribution < 1.29 is 9.90 Å². The standard InChI is InChI=1S/C15H11BrN2O2/c1-18(11-4-2-10(9-17)3-5-11)12-6-7-13(15(19)20)14(16)8-12/h2-8H,1H3,(H,19,20). The third-order valence-corrected chi connectivity index (χ3v) is 3.61. The molecule has 0 aliphatic heterocycles. The van der Waals surface area contributed by atoms with E-state index < -0.39 is 5.97 Å². The summed E-state index contributed by atoms with van der Waals surface area (Å²) in [4.78, 5) is 12.9. The van der Waals surface area contributed by atoms with Crippen LogP contribution in [0.25, 0.3) is 0 Å². The zero-order chi connectivity index (χ0) is 14.7. The molecule has 0 aliphatic rings. The highest BCUT2D eigenvalue weighted by Gasteiger charge is 2.11. The Bertz CT molecular complexity index is 690. The van der Waals surface area contributed by atoms with E-state index in [1.165, 1.54) is 0 Å². The minimum Gasteiger partial charge on any atom is -0.478 e. The van der Waals surface area contributed by atoms with Gasteiger partial charge in [0.2, 0.25) is 0 Å². The summed E-state index contributed by atoms with van der Waals surface area (Å²) in [6.07, 6.45) is 0. The first-order chi connectivity index (χ1) is 9.52. The molecule has 0 saturated carbocycles. The normalized spacial score (nSPS) is 9.85. The Morgan fingerprint density at radius 3 is 2.30 bits per heavy atom. The molecule has 0 fully saturated rings. The highest BCUT2D eigenvalue weighted by molar-refractivity contribution is 9.10. The lowest BCUT2D eigenvalue weighted by molar-refractivity contribution is 0.0696. The topological polar surface area (TPSA) is 64.3 Å². The van der Waals surface area contributed by atoms with E-state index in [0.717, 1.165) is 11.4 Å². The van der Waals surface area contributed by atoms with Gasteiger partial charge in [0.1, 0.15) is 0 Å². The molecule has 0 atom stereocenters. The summed E-state index contributed by atoms with van der Waals surface area (Å²) >= 11 is 3.26. The summed E-state index contributed by atoms with van der Waals surface area (Å²) in [6, 6.07) is 14.3. The molecule has 0 aliphatic carbocycles. The van der Waals surface area contributed by atoms with Crippen LogP contribution in [0.2, 0.25) is 0 Å². The maximum atomic E-state index is 11.0. The van der Waals surface area contributed by atoms with Crippen LogP contribution in [0.4, 0.5) is 11.4 Å².